The third kappa shape index (κ3) is 5.84. The zero-order valence-electron chi connectivity index (χ0n) is 11.4. The lowest BCUT2D eigenvalue weighted by Gasteiger charge is -2.33. The molecule has 3 unspecified atom stereocenters. The molecular weight excluding hydrogens is 216 g/mol. The summed E-state index contributed by atoms with van der Waals surface area (Å²) in [6.45, 7) is 6.38. The van der Waals surface area contributed by atoms with Crippen LogP contribution >= 0.6 is 0 Å². The lowest BCUT2D eigenvalue weighted by molar-refractivity contribution is -0.0848. The molecule has 1 fully saturated rings. The van der Waals surface area contributed by atoms with Crippen molar-refractivity contribution < 1.29 is 14.6 Å². The van der Waals surface area contributed by atoms with Gasteiger partial charge in [-0.2, -0.15) is 0 Å². The third-order valence-electron chi connectivity index (χ3n) is 3.47. The summed E-state index contributed by atoms with van der Waals surface area (Å²) in [7, 11) is 0. The standard InChI is InChI=1S/C14H28O3/c1-3-5-12-6-7-13(15)14(11-12)17-10-9-16-8-4-2/h12-15H,3-11H2,1-2H3. The summed E-state index contributed by atoms with van der Waals surface area (Å²) in [6.07, 6.45) is 6.37. The molecule has 0 aromatic heterocycles. The highest BCUT2D eigenvalue weighted by Gasteiger charge is 2.29. The van der Waals surface area contributed by atoms with E-state index in [0.717, 1.165) is 38.2 Å². The summed E-state index contributed by atoms with van der Waals surface area (Å²) in [5.74, 6) is 0.741. The molecule has 1 rings (SSSR count). The Balaban J connectivity index is 2.15. The van der Waals surface area contributed by atoms with Gasteiger partial charge in [-0.25, -0.2) is 0 Å². The van der Waals surface area contributed by atoms with E-state index >= 15 is 0 Å². The average Bonchev–Trinajstić information content (AvgIpc) is 2.33. The Morgan fingerprint density at radius 2 is 1.88 bits per heavy atom. The highest BCUT2D eigenvalue weighted by Crippen LogP contribution is 2.29. The van der Waals surface area contributed by atoms with Crippen LogP contribution in [0, 0.1) is 5.92 Å². The second kappa shape index (κ2) is 8.90. The van der Waals surface area contributed by atoms with Crippen LogP contribution in [-0.4, -0.2) is 37.1 Å². The molecule has 3 nitrogen and oxygen atoms in total. The molecule has 0 bridgehead atoms. The van der Waals surface area contributed by atoms with E-state index in [9.17, 15) is 5.11 Å². The summed E-state index contributed by atoms with van der Waals surface area (Å²) in [5, 5.41) is 9.89. The fraction of sp³-hybridized carbons (Fsp3) is 1.00. The molecule has 102 valence electrons. The van der Waals surface area contributed by atoms with Gasteiger partial charge >= 0.3 is 0 Å². The maximum atomic E-state index is 9.89. The summed E-state index contributed by atoms with van der Waals surface area (Å²) >= 11 is 0. The van der Waals surface area contributed by atoms with Crippen LogP contribution in [0.3, 0.4) is 0 Å². The van der Waals surface area contributed by atoms with E-state index in [0.29, 0.717) is 13.2 Å². The molecule has 0 amide bonds. The van der Waals surface area contributed by atoms with Gasteiger partial charge in [0.1, 0.15) is 0 Å². The summed E-state index contributed by atoms with van der Waals surface area (Å²) in [6, 6.07) is 0. The van der Waals surface area contributed by atoms with Crippen LogP contribution in [0.2, 0.25) is 0 Å². The first kappa shape index (κ1) is 14.9. The smallest absolute Gasteiger partial charge is 0.0837 e. The van der Waals surface area contributed by atoms with Gasteiger partial charge < -0.3 is 14.6 Å². The van der Waals surface area contributed by atoms with Crippen LogP contribution in [0.1, 0.15) is 52.4 Å². The van der Waals surface area contributed by atoms with Crippen molar-refractivity contribution in [2.24, 2.45) is 5.92 Å². The quantitative estimate of drug-likeness (QED) is 0.667. The Morgan fingerprint density at radius 1 is 1.06 bits per heavy atom. The number of hydrogen-bond donors (Lipinski definition) is 1. The molecule has 0 aliphatic heterocycles. The number of hydrogen-bond acceptors (Lipinski definition) is 3. The maximum Gasteiger partial charge on any atom is 0.0837 e. The molecular formula is C14H28O3. The van der Waals surface area contributed by atoms with Gasteiger partial charge in [-0.1, -0.05) is 26.7 Å². The Labute approximate surface area is 105 Å². The zero-order valence-corrected chi connectivity index (χ0v) is 11.4. The van der Waals surface area contributed by atoms with Gasteiger partial charge in [0.05, 0.1) is 25.4 Å². The van der Waals surface area contributed by atoms with E-state index in [-0.39, 0.29) is 12.2 Å². The molecule has 0 aromatic rings. The second-order valence-corrected chi connectivity index (χ2v) is 5.06. The minimum atomic E-state index is -0.269. The molecule has 0 saturated heterocycles. The Morgan fingerprint density at radius 3 is 2.59 bits per heavy atom. The average molecular weight is 244 g/mol. The normalized spacial score (nSPS) is 29.5. The SMILES string of the molecule is CCCOCCOC1CC(CCC)CCC1O. The molecule has 17 heavy (non-hydrogen) atoms. The predicted molar refractivity (Wildman–Crippen MR) is 69.1 cm³/mol. The van der Waals surface area contributed by atoms with Crippen molar-refractivity contribution in [1.29, 1.82) is 0 Å². The van der Waals surface area contributed by atoms with Crippen molar-refractivity contribution in [3.05, 3.63) is 0 Å². The number of aliphatic hydroxyl groups excluding tert-OH is 1. The molecule has 3 atom stereocenters. The topological polar surface area (TPSA) is 38.7 Å². The minimum Gasteiger partial charge on any atom is -0.390 e. The van der Waals surface area contributed by atoms with Crippen molar-refractivity contribution in [2.75, 3.05) is 19.8 Å². The van der Waals surface area contributed by atoms with Crippen LogP contribution < -0.4 is 0 Å². The molecule has 0 heterocycles. The molecule has 1 aliphatic rings. The highest BCUT2D eigenvalue weighted by molar-refractivity contribution is 4.80. The number of aliphatic hydroxyl groups is 1. The fourth-order valence-electron chi connectivity index (χ4n) is 2.55. The first-order valence-corrected chi connectivity index (χ1v) is 7.15. The Hall–Kier alpha value is -0.120. The first-order valence-electron chi connectivity index (χ1n) is 7.15. The van der Waals surface area contributed by atoms with Crippen molar-refractivity contribution >= 4 is 0 Å². The van der Waals surface area contributed by atoms with Crippen molar-refractivity contribution in [2.45, 2.75) is 64.6 Å². The van der Waals surface area contributed by atoms with E-state index in [1.54, 1.807) is 0 Å². The lowest BCUT2D eigenvalue weighted by Crippen LogP contribution is -2.36. The fourth-order valence-corrected chi connectivity index (χ4v) is 2.55. The van der Waals surface area contributed by atoms with Gasteiger partial charge in [-0.05, 0) is 31.6 Å². The monoisotopic (exact) mass is 244 g/mol. The van der Waals surface area contributed by atoms with Crippen molar-refractivity contribution in [3.63, 3.8) is 0 Å². The van der Waals surface area contributed by atoms with E-state index in [1.165, 1.54) is 12.8 Å². The van der Waals surface area contributed by atoms with Crippen LogP contribution in [0.4, 0.5) is 0 Å². The maximum absolute atomic E-state index is 9.89. The van der Waals surface area contributed by atoms with Gasteiger partial charge in [-0.3, -0.25) is 0 Å². The molecule has 1 aliphatic carbocycles. The van der Waals surface area contributed by atoms with Crippen LogP contribution in [0.25, 0.3) is 0 Å². The molecule has 0 aromatic carbocycles. The number of ether oxygens (including phenoxy) is 2. The molecule has 3 heteroatoms. The third-order valence-corrected chi connectivity index (χ3v) is 3.47. The van der Waals surface area contributed by atoms with Gasteiger partial charge in [0.25, 0.3) is 0 Å². The number of rotatable bonds is 8. The summed E-state index contributed by atoms with van der Waals surface area (Å²) < 4.78 is 11.1. The zero-order chi connectivity index (χ0) is 12.5. The van der Waals surface area contributed by atoms with Gasteiger partial charge in [0.2, 0.25) is 0 Å². The largest absolute Gasteiger partial charge is 0.390 e. The second-order valence-electron chi connectivity index (χ2n) is 5.06. The molecule has 1 N–H and O–H groups in total. The van der Waals surface area contributed by atoms with Crippen molar-refractivity contribution in [3.8, 4) is 0 Å². The van der Waals surface area contributed by atoms with Crippen LogP contribution in [-0.2, 0) is 9.47 Å². The predicted octanol–water partition coefficient (Wildman–Crippen LogP) is 2.76. The van der Waals surface area contributed by atoms with Crippen LogP contribution in [0.5, 0.6) is 0 Å². The minimum absolute atomic E-state index is 0.0329. The van der Waals surface area contributed by atoms with Gasteiger partial charge in [0.15, 0.2) is 0 Å². The van der Waals surface area contributed by atoms with E-state index in [4.69, 9.17) is 9.47 Å². The van der Waals surface area contributed by atoms with Gasteiger partial charge in [0, 0.05) is 6.61 Å². The highest BCUT2D eigenvalue weighted by atomic mass is 16.5. The first-order chi connectivity index (χ1) is 8.27. The lowest BCUT2D eigenvalue weighted by atomic mass is 9.83. The molecule has 1 saturated carbocycles. The van der Waals surface area contributed by atoms with Crippen molar-refractivity contribution in [1.82, 2.24) is 0 Å². The van der Waals surface area contributed by atoms with Crippen LogP contribution in [0.15, 0.2) is 0 Å². The van der Waals surface area contributed by atoms with E-state index in [2.05, 4.69) is 13.8 Å². The summed E-state index contributed by atoms with van der Waals surface area (Å²) in [5.41, 5.74) is 0. The Kier molecular flexibility index (Phi) is 7.82. The molecule has 0 radical (unpaired) electrons. The molecule has 0 spiro atoms. The van der Waals surface area contributed by atoms with E-state index in [1.807, 2.05) is 0 Å². The summed E-state index contributed by atoms with van der Waals surface area (Å²) in [4.78, 5) is 0. The van der Waals surface area contributed by atoms with E-state index < -0.39 is 0 Å². The Bertz CT molecular complexity index is 184. The van der Waals surface area contributed by atoms with Gasteiger partial charge in [-0.15, -0.1) is 0 Å².